The molecule has 1 aromatic rings. The summed E-state index contributed by atoms with van der Waals surface area (Å²) < 4.78 is 16.5. The van der Waals surface area contributed by atoms with Crippen LogP contribution in [0.3, 0.4) is 0 Å². The number of aryl methyl sites for hydroxylation is 1. The van der Waals surface area contributed by atoms with Gasteiger partial charge in [-0.2, -0.15) is 0 Å². The van der Waals surface area contributed by atoms with Gasteiger partial charge in [0.1, 0.15) is 18.0 Å². The van der Waals surface area contributed by atoms with Gasteiger partial charge in [-0.25, -0.2) is 0 Å². The van der Waals surface area contributed by atoms with Crippen LogP contribution in [0.5, 0.6) is 5.75 Å². The number of epoxide rings is 1. The zero-order valence-corrected chi connectivity index (χ0v) is 10.5. The van der Waals surface area contributed by atoms with Gasteiger partial charge >= 0.3 is 0 Å². The third kappa shape index (κ3) is 6.60. The quantitative estimate of drug-likeness (QED) is 0.704. The van der Waals surface area contributed by atoms with Crippen molar-refractivity contribution >= 4 is 0 Å². The summed E-state index contributed by atoms with van der Waals surface area (Å²) in [5, 5.41) is 0. The van der Waals surface area contributed by atoms with Crippen molar-refractivity contribution in [3.05, 3.63) is 29.8 Å². The lowest BCUT2D eigenvalue weighted by Gasteiger charge is -2.17. The Hall–Kier alpha value is -1.06. The van der Waals surface area contributed by atoms with Crippen molar-refractivity contribution in [1.82, 2.24) is 0 Å². The van der Waals surface area contributed by atoms with E-state index in [2.05, 4.69) is 26.0 Å². The average Bonchev–Trinajstić information content (AvgIpc) is 3.14. The molecule has 0 bridgehead atoms. The molecule has 3 nitrogen and oxygen atoms in total. The van der Waals surface area contributed by atoms with Gasteiger partial charge < -0.3 is 14.2 Å². The maximum atomic E-state index is 5.86. The molecular formula is C16H28O3. The van der Waals surface area contributed by atoms with Crippen LogP contribution in [0.25, 0.3) is 0 Å². The molecule has 1 fully saturated rings. The van der Waals surface area contributed by atoms with E-state index in [9.17, 15) is 0 Å². The highest BCUT2D eigenvalue weighted by Crippen LogP contribution is 2.15. The van der Waals surface area contributed by atoms with Gasteiger partial charge in [0.05, 0.1) is 19.8 Å². The summed E-state index contributed by atoms with van der Waals surface area (Å²) in [6, 6.07) is 8.12. The van der Waals surface area contributed by atoms with E-state index in [1.807, 2.05) is 12.1 Å². The molecule has 0 spiro atoms. The third-order valence-corrected chi connectivity index (χ3v) is 2.79. The largest absolute Gasteiger partial charge is 0.488 e. The molecule has 2 atom stereocenters. The summed E-state index contributed by atoms with van der Waals surface area (Å²) in [6.45, 7) is 6.34. The van der Waals surface area contributed by atoms with Gasteiger partial charge in [-0.3, -0.25) is 0 Å². The van der Waals surface area contributed by atoms with Gasteiger partial charge in [0.15, 0.2) is 0 Å². The first kappa shape index (κ1) is 17.9. The Kier molecular flexibility index (Phi) is 8.44. The zero-order chi connectivity index (χ0) is 12.1. The van der Waals surface area contributed by atoms with Crippen molar-refractivity contribution in [2.45, 2.75) is 47.3 Å². The smallest absolute Gasteiger partial charge is 0.122 e. The van der Waals surface area contributed by atoms with Gasteiger partial charge in [-0.1, -0.05) is 39.5 Å². The van der Waals surface area contributed by atoms with Crippen LogP contribution in [-0.4, -0.2) is 32.0 Å². The second kappa shape index (κ2) is 8.94. The van der Waals surface area contributed by atoms with E-state index >= 15 is 0 Å². The minimum atomic E-state index is 0. The highest BCUT2D eigenvalue weighted by Gasteiger charge is 2.22. The molecule has 3 heteroatoms. The van der Waals surface area contributed by atoms with E-state index in [0.29, 0.717) is 19.3 Å². The lowest BCUT2D eigenvalue weighted by atomic mass is 10.2. The molecule has 0 radical (unpaired) electrons. The number of rotatable bonds is 7. The topological polar surface area (TPSA) is 31.0 Å². The highest BCUT2D eigenvalue weighted by atomic mass is 16.6. The molecule has 0 saturated carbocycles. The Balaban J connectivity index is 0.00000162. The Morgan fingerprint density at radius 2 is 1.89 bits per heavy atom. The van der Waals surface area contributed by atoms with Crippen LogP contribution in [-0.2, 0) is 9.47 Å². The summed E-state index contributed by atoms with van der Waals surface area (Å²) in [5.41, 5.74) is 1.24. The maximum absolute atomic E-state index is 5.86. The monoisotopic (exact) mass is 268 g/mol. The van der Waals surface area contributed by atoms with E-state index in [4.69, 9.17) is 14.2 Å². The lowest BCUT2D eigenvalue weighted by Crippen LogP contribution is -2.23. The van der Waals surface area contributed by atoms with E-state index in [-0.39, 0.29) is 21.0 Å². The zero-order valence-electron chi connectivity index (χ0n) is 10.5. The molecule has 1 aliphatic rings. The lowest BCUT2D eigenvalue weighted by molar-refractivity contribution is 0.0410. The predicted octanol–water partition coefficient (Wildman–Crippen LogP) is 3.84. The third-order valence-electron chi connectivity index (χ3n) is 2.79. The Labute approximate surface area is 117 Å². The Morgan fingerprint density at radius 3 is 2.42 bits per heavy atom. The molecule has 2 rings (SSSR count). The minimum Gasteiger partial charge on any atom is -0.488 e. The van der Waals surface area contributed by atoms with Crippen LogP contribution in [0, 0.1) is 6.92 Å². The molecule has 0 amide bonds. The highest BCUT2D eigenvalue weighted by molar-refractivity contribution is 5.26. The van der Waals surface area contributed by atoms with Crippen molar-refractivity contribution in [3.63, 3.8) is 0 Å². The fourth-order valence-corrected chi connectivity index (χ4v) is 1.54. The number of ether oxygens (including phenoxy) is 3. The summed E-state index contributed by atoms with van der Waals surface area (Å²) in [6.07, 6.45) is 1.39. The van der Waals surface area contributed by atoms with Crippen molar-refractivity contribution in [1.29, 1.82) is 0 Å². The first-order valence-electron chi connectivity index (χ1n) is 6.20. The summed E-state index contributed by atoms with van der Waals surface area (Å²) >= 11 is 0. The van der Waals surface area contributed by atoms with Crippen LogP contribution in [0.1, 0.15) is 33.8 Å². The molecule has 0 aromatic heterocycles. The van der Waals surface area contributed by atoms with Crippen LogP contribution < -0.4 is 4.74 Å². The van der Waals surface area contributed by atoms with Crippen LogP contribution in [0.2, 0.25) is 0 Å². The minimum absolute atomic E-state index is 0. The van der Waals surface area contributed by atoms with Gasteiger partial charge in [0.25, 0.3) is 0 Å². The summed E-state index contributed by atoms with van der Waals surface area (Å²) in [7, 11) is 0. The van der Waals surface area contributed by atoms with E-state index in [1.54, 1.807) is 0 Å². The van der Waals surface area contributed by atoms with Crippen molar-refractivity contribution in [3.8, 4) is 5.75 Å². The van der Waals surface area contributed by atoms with Crippen molar-refractivity contribution in [2.24, 2.45) is 0 Å². The van der Waals surface area contributed by atoms with Gasteiger partial charge in [0, 0.05) is 0 Å². The van der Waals surface area contributed by atoms with Crippen molar-refractivity contribution < 1.29 is 14.2 Å². The molecular weight excluding hydrogens is 240 g/mol. The summed E-state index contributed by atoms with van der Waals surface area (Å²) in [4.78, 5) is 0. The van der Waals surface area contributed by atoms with Gasteiger partial charge in [-0.15, -0.1) is 0 Å². The Morgan fingerprint density at radius 1 is 1.26 bits per heavy atom. The molecule has 1 saturated heterocycles. The number of hydrogen-bond acceptors (Lipinski definition) is 3. The predicted molar refractivity (Wildman–Crippen MR) is 79.9 cm³/mol. The number of hydrogen-bond donors (Lipinski definition) is 0. The molecule has 1 aromatic carbocycles. The Bertz CT molecular complexity index is 330. The fraction of sp³-hybridized carbons (Fsp3) is 0.625. The molecule has 1 aliphatic heterocycles. The molecule has 0 N–H and O–H groups in total. The first-order valence-corrected chi connectivity index (χ1v) is 6.20. The standard InChI is InChI=1S/C14H20O3.2CH4/c1-3-12(8-15-9-14-10-16-14)17-13-6-4-11(2)5-7-13;;/h4-7,12,14H,3,8-10H2,1-2H3;2*1H4. The van der Waals surface area contributed by atoms with E-state index < -0.39 is 0 Å². The van der Waals surface area contributed by atoms with Crippen molar-refractivity contribution in [2.75, 3.05) is 19.8 Å². The molecule has 1 heterocycles. The van der Waals surface area contributed by atoms with E-state index in [0.717, 1.165) is 18.8 Å². The molecule has 0 aliphatic carbocycles. The maximum Gasteiger partial charge on any atom is 0.122 e. The van der Waals surface area contributed by atoms with E-state index in [1.165, 1.54) is 5.56 Å². The van der Waals surface area contributed by atoms with Gasteiger partial charge in [-0.05, 0) is 25.5 Å². The first-order chi connectivity index (χ1) is 8.28. The average molecular weight is 268 g/mol. The summed E-state index contributed by atoms with van der Waals surface area (Å²) in [5.74, 6) is 0.911. The second-order valence-electron chi connectivity index (χ2n) is 4.45. The number of benzene rings is 1. The molecule has 110 valence electrons. The van der Waals surface area contributed by atoms with Crippen LogP contribution in [0.15, 0.2) is 24.3 Å². The fourth-order valence-electron chi connectivity index (χ4n) is 1.54. The second-order valence-corrected chi connectivity index (χ2v) is 4.45. The van der Waals surface area contributed by atoms with Crippen LogP contribution >= 0.6 is 0 Å². The molecule has 19 heavy (non-hydrogen) atoms. The van der Waals surface area contributed by atoms with Crippen LogP contribution in [0.4, 0.5) is 0 Å². The molecule has 2 unspecified atom stereocenters. The normalized spacial score (nSPS) is 17.9. The SMILES string of the molecule is C.C.CCC(COCC1CO1)Oc1ccc(C)cc1. The van der Waals surface area contributed by atoms with Gasteiger partial charge in [0.2, 0.25) is 0 Å².